The lowest BCUT2D eigenvalue weighted by Gasteiger charge is -2.19. The van der Waals surface area contributed by atoms with Crippen LogP contribution in [0.15, 0.2) is 16.6 Å². The number of halogens is 3. The van der Waals surface area contributed by atoms with E-state index in [2.05, 4.69) is 25.5 Å². The van der Waals surface area contributed by atoms with Crippen LogP contribution < -0.4 is 0 Å². The van der Waals surface area contributed by atoms with Crippen molar-refractivity contribution in [3.8, 4) is 0 Å². The van der Waals surface area contributed by atoms with Crippen LogP contribution in [0.2, 0.25) is 0 Å². The summed E-state index contributed by atoms with van der Waals surface area (Å²) in [7, 11) is 0. The van der Waals surface area contributed by atoms with E-state index in [0.717, 1.165) is 29.7 Å². The number of rotatable bonds is 2. The molecule has 1 aliphatic carbocycles. The zero-order chi connectivity index (χ0) is 14.1. The van der Waals surface area contributed by atoms with Crippen molar-refractivity contribution < 1.29 is 4.39 Å². The molecule has 1 aromatic carbocycles. The quantitative estimate of drug-likeness (QED) is 0.506. The van der Waals surface area contributed by atoms with Crippen LogP contribution in [0.1, 0.15) is 50.4 Å². The molecule has 20 heavy (non-hydrogen) atoms. The monoisotopic (exact) mass is 358 g/mol. The highest BCUT2D eigenvalue weighted by atomic mass is 79.9. The van der Waals surface area contributed by atoms with E-state index in [-0.39, 0.29) is 5.82 Å². The summed E-state index contributed by atoms with van der Waals surface area (Å²) < 4.78 is 16.5. The Morgan fingerprint density at radius 1 is 1.25 bits per heavy atom. The Morgan fingerprint density at radius 2 is 1.95 bits per heavy atom. The molecule has 0 amide bonds. The van der Waals surface area contributed by atoms with Gasteiger partial charge in [-0.1, -0.05) is 25.7 Å². The molecule has 1 aromatic heterocycles. The third-order valence-electron chi connectivity index (χ3n) is 4.11. The summed E-state index contributed by atoms with van der Waals surface area (Å²) in [6.07, 6.45) is 7.30. The molecule has 0 saturated heterocycles. The molecule has 1 fully saturated rings. The average Bonchev–Trinajstić information content (AvgIpc) is 2.63. The second-order valence-electron chi connectivity index (χ2n) is 5.43. The lowest BCUT2D eigenvalue weighted by molar-refractivity contribution is 0.444. The van der Waals surface area contributed by atoms with Gasteiger partial charge in [-0.25, -0.2) is 9.37 Å². The van der Waals surface area contributed by atoms with E-state index in [1.807, 2.05) is 0 Å². The fourth-order valence-electron chi connectivity index (χ4n) is 3.16. The van der Waals surface area contributed by atoms with Gasteiger partial charge in [-0.05, 0) is 34.8 Å². The number of imidazole rings is 1. The van der Waals surface area contributed by atoms with E-state index in [0.29, 0.717) is 16.4 Å². The van der Waals surface area contributed by atoms with E-state index in [1.54, 1.807) is 12.1 Å². The molecule has 0 N–H and O–H groups in total. The Bertz CT molecular complexity index is 618. The van der Waals surface area contributed by atoms with Crippen LogP contribution >= 0.6 is 27.5 Å². The van der Waals surface area contributed by atoms with Gasteiger partial charge in [0.25, 0.3) is 0 Å². The molecule has 108 valence electrons. The molecular formula is C15H17BrClFN2. The zero-order valence-electron chi connectivity index (χ0n) is 11.2. The zero-order valence-corrected chi connectivity index (χ0v) is 13.6. The van der Waals surface area contributed by atoms with E-state index in [9.17, 15) is 4.39 Å². The van der Waals surface area contributed by atoms with Gasteiger partial charge in [-0.15, -0.1) is 11.6 Å². The summed E-state index contributed by atoms with van der Waals surface area (Å²) in [6, 6.07) is 3.72. The van der Waals surface area contributed by atoms with Gasteiger partial charge in [0.1, 0.15) is 11.6 Å². The van der Waals surface area contributed by atoms with Crippen molar-refractivity contribution in [2.45, 2.75) is 50.4 Å². The van der Waals surface area contributed by atoms with Gasteiger partial charge in [0.2, 0.25) is 0 Å². The van der Waals surface area contributed by atoms with Crippen molar-refractivity contribution in [3.63, 3.8) is 0 Å². The van der Waals surface area contributed by atoms with E-state index in [4.69, 9.17) is 11.6 Å². The maximum absolute atomic E-state index is 13.9. The van der Waals surface area contributed by atoms with Gasteiger partial charge in [0, 0.05) is 12.1 Å². The molecule has 5 heteroatoms. The molecule has 1 heterocycles. The van der Waals surface area contributed by atoms with Gasteiger partial charge < -0.3 is 4.57 Å². The minimum atomic E-state index is -0.242. The fraction of sp³-hybridized carbons (Fsp3) is 0.533. The van der Waals surface area contributed by atoms with Crippen molar-refractivity contribution in [1.29, 1.82) is 0 Å². The van der Waals surface area contributed by atoms with Crippen molar-refractivity contribution in [3.05, 3.63) is 28.2 Å². The Morgan fingerprint density at radius 3 is 2.60 bits per heavy atom. The molecule has 0 unspecified atom stereocenters. The first-order valence-corrected chi connectivity index (χ1v) is 8.45. The molecule has 2 aromatic rings. The van der Waals surface area contributed by atoms with Crippen molar-refractivity contribution in [1.82, 2.24) is 9.55 Å². The van der Waals surface area contributed by atoms with Crippen LogP contribution in [0.5, 0.6) is 0 Å². The number of hydrogen-bond acceptors (Lipinski definition) is 1. The van der Waals surface area contributed by atoms with Crippen LogP contribution in [0.4, 0.5) is 4.39 Å². The topological polar surface area (TPSA) is 17.8 Å². The van der Waals surface area contributed by atoms with Crippen LogP contribution in [-0.4, -0.2) is 9.55 Å². The van der Waals surface area contributed by atoms with Gasteiger partial charge in [0.05, 0.1) is 21.4 Å². The molecule has 2 nitrogen and oxygen atoms in total. The molecule has 0 radical (unpaired) electrons. The second kappa shape index (κ2) is 6.02. The largest absolute Gasteiger partial charge is 0.324 e. The molecule has 0 bridgehead atoms. The molecule has 0 spiro atoms. The predicted octanol–water partition coefficient (Wildman–Crippen LogP) is 5.57. The van der Waals surface area contributed by atoms with Crippen LogP contribution in [0.25, 0.3) is 11.0 Å². The normalized spacial score (nSPS) is 17.6. The lowest BCUT2D eigenvalue weighted by Crippen LogP contribution is -2.11. The van der Waals surface area contributed by atoms with Gasteiger partial charge >= 0.3 is 0 Å². The Labute approximate surface area is 131 Å². The summed E-state index contributed by atoms with van der Waals surface area (Å²) in [5.74, 6) is 0.976. The van der Waals surface area contributed by atoms with Crippen molar-refractivity contribution in [2.75, 3.05) is 0 Å². The SMILES string of the molecule is Fc1cc2c(cc1Br)nc(CCl)n2C1CCCCCC1. The van der Waals surface area contributed by atoms with Gasteiger partial charge in [-0.3, -0.25) is 0 Å². The van der Waals surface area contributed by atoms with Crippen molar-refractivity contribution >= 4 is 38.6 Å². The van der Waals surface area contributed by atoms with Crippen LogP contribution in [-0.2, 0) is 5.88 Å². The van der Waals surface area contributed by atoms with E-state index < -0.39 is 0 Å². The number of nitrogens with zero attached hydrogens (tertiary/aromatic N) is 2. The summed E-state index contributed by atoms with van der Waals surface area (Å²) >= 11 is 9.28. The number of benzene rings is 1. The highest BCUT2D eigenvalue weighted by molar-refractivity contribution is 9.10. The molecule has 3 rings (SSSR count). The molecule has 0 atom stereocenters. The maximum atomic E-state index is 13.9. The number of aromatic nitrogens is 2. The first-order valence-electron chi connectivity index (χ1n) is 7.12. The maximum Gasteiger partial charge on any atom is 0.139 e. The predicted molar refractivity (Wildman–Crippen MR) is 83.7 cm³/mol. The summed E-state index contributed by atoms with van der Waals surface area (Å²) in [4.78, 5) is 4.57. The molecular weight excluding hydrogens is 343 g/mol. The molecule has 0 aliphatic heterocycles. The third kappa shape index (κ3) is 2.60. The fourth-order valence-corrected chi connectivity index (χ4v) is 3.68. The lowest BCUT2D eigenvalue weighted by atomic mass is 10.1. The summed E-state index contributed by atoms with van der Waals surface area (Å²) in [5.41, 5.74) is 1.69. The smallest absolute Gasteiger partial charge is 0.139 e. The molecule has 1 aliphatic rings. The summed E-state index contributed by atoms with van der Waals surface area (Å²) in [6.45, 7) is 0. The first kappa shape index (κ1) is 14.3. The van der Waals surface area contributed by atoms with E-state index in [1.165, 1.54) is 25.7 Å². The number of fused-ring (bicyclic) bond motifs is 1. The highest BCUT2D eigenvalue weighted by Crippen LogP contribution is 2.33. The second-order valence-corrected chi connectivity index (χ2v) is 6.55. The molecule has 1 saturated carbocycles. The Kier molecular flexibility index (Phi) is 4.32. The number of hydrogen-bond donors (Lipinski definition) is 0. The Balaban J connectivity index is 2.13. The average molecular weight is 360 g/mol. The van der Waals surface area contributed by atoms with Gasteiger partial charge in [-0.2, -0.15) is 0 Å². The van der Waals surface area contributed by atoms with Crippen LogP contribution in [0, 0.1) is 5.82 Å². The Hall–Kier alpha value is -0.610. The standard InChI is InChI=1S/C15H17BrClFN2/c16-11-7-13-14(8-12(11)18)20(15(9-17)19-13)10-5-3-1-2-4-6-10/h7-8,10H,1-6,9H2. The minimum absolute atomic E-state index is 0.242. The van der Waals surface area contributed by atoms with E-state index >= 15 is 0 Å². The highest BCUT2D eigenvalue weighted by Gasteiger charge is 2.21. The third-order valence-corrected chi connectivity index (χ3v) is 4.96. The van der Waals surface area contributed by atoms with Crippen molar-refractivity contribution in [2.24, 2.45) is 0 Å². The number of alkyl halides is 1. The van der Waals surface area contributed by atoms with Gasteiger partial charge in [0.15, 0.2) is 0 Å². The van der Waals surface area contributed by atoms with Crippen LogP contribution in [0.3, 0.4) is 0 Å². The minimum Gasteiger partial charge on any atom is -0.324 e. The summed E-state index contributed by atoms with van der Waals surface area (Å²) in [5, 5.41) is 0. The first-order chi connectivity index (χ1) is 9.70.